The highest BCUT2D eigenvalue weighted by Gasteiger charge is 2.40. The second kappa shape index (κ2) is 7.27. The third kappa shape index (κ3) is 3.69. The molecule has 0 bridgehead atoms. The van der Waals surface area contributed by atoms with E-state index in [1.165, 1.54) is 15.5 Å². The topological polar surface area (TPSA) is 102 Å². The van der Waals surface area contributed by atoms with E-state index in [9.17, 15) is 19.5 Å². The van der Waals surface area contributed by atoms with Crippen LogP contribution in [0.5, 0.6) is 0 Å². The zero-order valence-electron chi connectivity index (χ0n) is 17.3. The first-order chi connectivity index (χ1) is 14.1. The van der Waals surface area contributed by atoms with Gasteiger partial charge in [0, 0.05) is 43.0 Å². The molecule has 2 unspecified atom stereocenters. The van der Waals surface area contributed by atoms with Crippen LogP contribution < -0.4 is 5.43 Å². The summed E-state index contributed by atoms with van der Waals surface area (Å²) < 4.78 is 6.79. The first kappa shape index (κ1) is 20.1. The van der Waals surface area contributed by atoms with Gasteiger partial charge < -0.3 is 14.7 Å². The van der Waals surface area contributed by atoms with Gasteiger partial charge in [-0.1, -0.05) is 0 Å². The molecule has 2 aromatic rings. The van der Waals surface area contributed by atoms with Crippen LogP contribution in [0.25, 0.3) is 11.4 Å². The summed E-state index contributed by atoms with van der Waals surface area (Å²) in [5.41, 5.74) is 1.59. The van der Waals surface area contributed by atoms with Gasteiger partial charge in [-0.3, -0.25) is 14.3 Å². The van der Waals surface area contributed by atoms with Crippen LogP contribution in [0, 0.1) is 5.92 Å². The van der Waals surface area contributed by atoms with Crippen LogP contribution in [-0.2, 0) is 11.2 Å². The number of carboxylic acid groups (broad SMARTS) is 1. The molecule has 3 heterocycles. The molecule has 0 radical (unpaired) electrons. The van der Waals surface area contributed by atoms with Crippen molar-refractivity contribution in [3.05, 3.63) is 51.9 Å². The molecule has 0 spiro atoms. The average Bonchev–Trinajstić information content (AvgIpc) is 3.27. The Morgan fingerprint density at radius 1 is 1.27 bits per heavy atom. The van der Waals surface area contributed by atoms with E-state index in [1.807, 2.05) is 0 Å². The van der Waals surface area contributed by atoms with Crippen LogP contribution in [0.3, 0.4) is 0 Å². The van der Waals surface area contributed by atoms with E-state index in [1.54, 1.807) is 45.3 Å². The lowest BCUT2D eigenvalue weighted by Crippen LogP contribution is -2.27. The van der Waals surface area contributed by atoms with E-state index in [0.717, 1.165) is 12.0 Å². The van der Waals surface area contributed by atoms with Crippen molar-refractivity contribution in [1.82, 2.24) is 14.5 Å². The molecular weight excluding hydrogens is 386 g/mol. The van der Waals surface area contributed by atoms with Gasteiger partial charge in [0.05, 0.1) is 11.4 Å². The van der Waals surface area contributed by atoms with Crippen molar-refractivity contribution in [3.8, 4) is 11.4 Å². The lowest BCUT2D eigenvalue weighted by atomic mass is 9.78. The fourth-order valence-electron chi connectivity index (χ4n) is 4.40. The Balaban J connectivity index is 1.73. The summed E-state index contributed by atoms with van der Waals surface area (Å²) in [5, 5.41) is 9.35. The Labute approximate surface area is 174 Å². The van der Waals surface area contributed by atoms with E-state index in [0.29, 0.717) is 36.5 Å². The Morgan fingerprint density at radius 2 is 2.03 bits per heavy atom. The maximum absolute atomic E-state index is 13.0. The van der Waals surface area contributed by atoms with Crippen molar-refractivity contribution < 1.29 is 19.4 Å². The Morgan fingerprint density at radius 3 is 2.73 bits per heavy atom. The minimum atomic E-state index is -0.933. The second-order valence-electron chi connectivity index (χ2n) is 8.92. The van der Waals surface area contributed by atoms with E-state index in [2.05, 4.69) is 4.98 Å². The van der Waals surface area contributed by atoms with Crippen molar-refractivity contribution in [3.63, 3.8) is 0 Å². The standard InChI is InChI=1S/C22H25N3O5/c1-22(2,3)30-21(29)25-8-4-5-18(25)17-9-19(26)14-7-6-13-11-24(20(27)28)12-16(13)15(14)10-23-17/h4-5,8-10,13,16H,6-7,11-12H2,1-3H3,(H,27,28). The van der Waals surface area contributed by atoms with Crippen LogP contribution >= 0.6 is 0 Å². The molecule has 1 N–H and O–H groups in total. The minimum absolute atomic E-state index is 0.0251. The van der Waals surface area contributed by atoms with Gasteiger partial charge in [-0.05, 0) is 57.2 Å². The SMILES string of the molecule is CC(C)(C)OC(=O)n1cccc1-c1cc(=O)c2c(cn1)C1CN(C(=O)O)CC1CC2. The first-order valence-electron chi connectivity index (χ1n) is 10.1. The number of carbonyl (C=O) groups excluding carboxylic acids is 1. The maximum atomic E-state index is 13.0. The lowest BCUT2D eigenvalue weighted by Gasteiger charge is -2.24. The molecule has 0 saturated carbocycles. The highest BCUT2D eigenvalue weighted by molar-refractivity contribution is 5.77. The summed E-state index contributed by atoms with van der Waals surface area (Å²) in [6.07, 6.45) is 3.18. The zero-order chi connectivity index (χ0) is 21.6. The van der Waals surface area contributed by atoms with Crippen molar-refractivity contribution >= 4 is 12.2 Å². The summed E-state index contributed by atoms with van der Waals surface area (Å²) >= 11 is 0. The normalized spacial score (nSPS) is 20.4. The van der Waals surface area contributed by atoms with Gasteiger partial charge in [-0.15, -0.1) is 0 Å². The molecule has 2 aliphatic rings. The number of ether oxygens (including phenoxy) is 1. The van der Waals surface area contributed by atoms with Gasteiger partial charge in [0.2, 0.25) is 0 Å². The molecule has 1 aliphatic heterocycles. The molecule has 2 atom stereocenters. The van der Waals surface area contributed by atoms with E-state index in [-0.39, 0.29) is 17.3 Å². The third-order valence-corrected chi connectivity index (χ3v) is 5.73. The largest absolute Gasteiger partial charge is 0.465 e. The number of aromatic nitrogens is 2. The van der Waals surface area contributed by atoms with Gasteiger partial charge in [-0.2, -0.15) is 0 Å². The van der Waals surface area contributed by atoms with E-state index in [4.69, 9.17) is 4.74 Å². The van der Waals surface area contributed by atoms with Crippen molar-refractivity contribution in [2.45, 2.75) is 45.1 Å². The van der Waals surface area contributed by atoms with Crippen LogP contribution in [-0.4, -0.2) is 50.4 Å². The summed E-state index contributed by atoms with van der Waals surface area (Å²) in [5.74, 6) is 0.175. The highest BCUT2D eigenvalue weighted by atomic mass is 16.6. The molecule has 0 aromatic carbocycles. The fraction of sp³-hybridized carbons (Fsp3) is 0.455. The third-order valence-electron chi connectivity index (χ3n) is 5.73. The summed E-state index contributed by atoms with van der Waals surface area (Å²) in [4.78, 5) is 42.9. The Hall–Kier alpha value is -3.16. The van der Waals surface area contributed by atoms with Gasteiger partial charge in [0.25, 0.3) is 0 Å². The predicted octanol–water partition coefficient (Wildman–Crippen LogP) is 3.33. The number of carbonyl (C=O) groups is 2. The zero-order valence-corrected chi connectivity index (χ0v) is 17.3. The molecule has 158 valence electrons. The molecule has 1 aliphatic carbocycles. The number of amides is 1. The first-order valence-corrected chi connectivity index (χ1v) is 10.1. The van der Waals surface area contributed by atoms with Crippen LogP contribution in [0.4, 0.5) is 9.59 Å². The molecule has 2 aromatic heterocycles. The van der Waals surface area contributed by atoms with Crippen LogP contribution in [0.2, 0.25) is 0 Å². The molecule has 1 amide bonds. The summed E-state index contributed by atoms with van der Waals surface area (Å²) in [6, 6.07) is 4.88. The molecule has 30 heavy (non-hydrogen) atoms. The quantitative estimate of drug-likeness (QED) is 0.772. The van der Waals surface area contributed by atoms with Gasteiger partial charge in [-0.25, -0.2) is 9.59 Å². The molecule has 1 fully saturated rings. The second-order valence-corrected chi connectivity index (χ2v) is 8.92. The maximum Gasteiger partial charge on any atom is 0.419 e. The minimum Gasteiger partial charge on any atom is -0.465 e. The number of likely N-dealkylation sites (tertiary alicyclic amines) is 1. The Bertz CT molecular complexity index is 1070. The van der Waals surface area contributed by atoms with Gasteiger partial charge >= 0.3 is 12.2 Å². The van der Waals surface area contributed by atoms with Gasteiger partial charge in [0.15, 0.2) is 5.43 Å². The van der Waals surface area contributed by atoms with Crippen LogP contribution in [0.15, 0.2) is 35.4 Å². The molecular formula is C22H25N3O5. The highest BCUT2D eigenvalue weighted by Crippen LogP contribution is 2.40. The lowest BCUT2D eigenvalue weighted by molar-refractivity contribution is 0.0540. The number of hydrogen-bond donors (Lipinski definition) is 1. The average molecular weight is 411 g/mol. The number of rotatable bonds is 1. The van der Waals surface area contributed by atoms with E-state index >= 15 is 0 Å². The smallest absolute Gasteiger partial charge is 0.419 e. The van der Waals surface area contributed by atoms with Gasteiger partial charge in [0.1, 0.15) is 5.60 Å². The molecule has 1 saturated heterocycles. The van der Waals surface area contributed by atoms with Crippen LogP contribution in [0.1, 0.15) is 44.2 Å². The predicted molar refractivity (Wildman–Crippen MR) is 110 cm³/mol. The molecule has 8 heteroatoms. The fourth-order valence-corrected chi connectivity index (χ4v) is 4.40. The molecule has 8 nitrogen and oxygen atoms in total. The van der Waals surface area contributed by atoms with Crippen molar-refractivity contribution in [2.24, 2.45) is 5.92 Å². The Kier molecular flexibility index (Phi) is 4.88. The summed E-state index contributed by atoms with van der Waals surface area (Å²) in [7, 11) is 0. The van der Waals surface area contributed by atoms with E-state index < -0.39 is 17.8 Å². The van der Waals surface area contributed by atoms with Crippen molar-refractivity contribution in [2.75, 3.05) is 13.1 Å². The number of hydrogen-bond acceptors (Lipinski definition) is 5. The number of nitrogens with zero attached hydrogens (tertiary/aromatic N) is 3. The van der Waals surface area contributed by atoms with Crippen molar-refractivity contribution in [1.29, 1.82) is 0 Å². The number of fused-ring (bicyclic) bond motifs is 3. The molecule has 4 rings (SSSR count). The summed E-state index contributed by atoms with van der Waals surface area (Å²) in [6.45, 7) is 6.23. The monoisotopic (exact) mass is 411 g/mol.